The van der Waals surface area contributed by atoms with E-state index in [0.717, 1.165) is 31.4 Å². The van der Waals surface area contributed by atoms with E-state index in [9.17, 15) is 0 Å². The van der Waals surface area contributed by atoms with Crippen LogP contribution in [0.4, 0.5) is 0 Å². The quantitative estimate of drug-likeness (QED) is 0.215. The lowest BCUT2D eigenvalue weighted by atomic mass is 10.4. The van der Waals surface area contributed by atoms with E-state index in [-0.39, 0.29) is 0 Å². The van der Waals surface area contributed by atoms with Gasteiger partial charge in [0.05, 0.1) is 0 Å². The molecule has 2 saturated heterocycles. The number of hydrogen-bond donors (Lipinski definition) is 0. The molecule has 0 spiro atoms. The smallest absolute Gasteiger partial charge is 0.362 e. The van der Waals surface area contributed by atoms with E-state index in [4.69, 9.17) is 50.6 Å². The van der Waals surface area contributed by atoms with Gasteiger partial charge in [-0.15, -0.1) is 0 Å². The summed E-state index contributed by atoms with van der Waals surface area (Å²) in [5.41, 5.74) is 0. The third-order valence-corrected chi connectivity index (χ3v) is 33.4. The van der Waals surface area contributed by atoms with Gasteiger partial charge in [0.2, 0.25) is 0 Å². The maximum Gasteiger partial charge on any atom is 0.362 e. The van der Waals surface area contributed by atoms with Gasteiger partial charge in [0.15, 0.2) is 0 Å². The predicted octanol–water partition coefficient (Wildman–Crippen LogP) is 3.47. The summed E-state index contributed by atoms with van der Waals surface area (Å²) in [7, 11) is -16.0. The minimum atomic E-state index is -2.42. The molecule has 2 rings (SSSR count). The Kier molecular flexibility index (Phi) is 19.0. The fraction of sp³-hybridized carbons (Fsp3) is 1.00. The van der Waals surface area contributed by atoms with Gasteiger partial charge in [0.1, 0.15) is 0 Å². The molecule has 0 bridgehead atoms. The first-order valence-electron chi connectivity index (χ1n) is 13.9. The molecule has 0 aromatic heterocycles. The minimum absolute atomic E-state index is 0.666. The highest BCUT2D eigenvalue weighted by molar-refractivity contribution is 6.81. The van der Waals surface area contributed by atoms with Gasteiger partial charge in [-0.05, 0) is 96.8 Å². The molecule has 0 aliphatic carbocycles. The van der Waals surface area contributed by atoms with E-state index in [1.165, 1.54) is 0 Å². The Balaban J connectivity index is 1.61. The van der Waals surface area contributed by atoms with Crippen LogP contribution in [-0.2, 0) is 50.6 Å². The maximum absolute atomic E-state index is 6.36. The average molecular weight is 749 g/mol. The van der Waals surface area contributed by atoms with Gasteiger partial charge in [-0.2, -0.15) is 0 Å². The zero-order valence-corrected chi connectivity index (χ0v) is 36.3. The van der Waals surface area contributed by atoms with Crippen molar-refractivity contribution in [1.82, 2.24) is 0 Å². The van der Waals surface area contributed by atoms with Crippen LogP contribution < -0.4 is 0 Å². The topological polar surface area (TPSA) is 111 Å². The molecule has 2 fully saturated rings. The van der Waals surface area contributed by atoms with E-state index in [2.05, 4.69) is 13.1 Å². The van der Waals surface area contributed by atoms with E-state index < -0.39 is 91.4 Å². The molecule has 12 nitrogen and oxygen atoms in total. The van der Waals surface area contributed by atoms with Gasteiger partial charge >= 0.3 is 91.4 Å². The van der Waals surface area contributed by atoms with Crippen molar-refractivity contribution >= 4 is 91.4 Å². The standard InChI is InChI=1S/C19H48O12Si10/c1-32-22-33(2)25-37(6)29-40(9,28-36(5)24-32)18-12-16-20-14-11-15-21-17-13-19-41(10)30-38(7)26-34(3)23-35(4)27-39(8)31-41/h11-19H2,1-10H3. The van der Waals surface area contributed by atoms with Crippen molar-refractivity contribution in [2.24, 2.45) is 0 Å². The van der Waals surface area contributed by atoms with Crippen LogP contribution in [0.5, 0.6) is 0 Å². The van der Waals surface area contributed by atoms with Gasteiger partial charge < -0.3 is 50.6 Å². The van der Waals surface area contributed by atoms with Crippen LogP contribution >= 0.6 is 0 Å². The molecular formula is C19H48O12Si10. The molecular weight excluding hydrogens is 701 g/mol. The highest BCUT2D eigenvalue weighted by Crippen LogP contribution is 2.22. The van der Waals surface area contributed by atoms with Crippen LogP contribution in [-0.4, -0.2) is 118 Å². The Morgan fingerprint density at radius 3 is 0.927 bits per heavy atom. The molecule has 0 aromatic carbocycles. The molecule has 2 aliphatic rings. The monoisotopic (exact) mass is 748 g/mol. The second-order valence-electron chi connectivity index (χ2n) is 10.0. The van der Waals surface area contributed by atoms with E-state index >= 15 is 0 Å². The molecule has 0 unspecified atom stereocenters. The summed E-state index contributed by atoms with van der Waals surface area (Å²) in [6.45, 7) is 23.0. The highest BCUT2D eigenvalue weighted by Gasteiger charge is 2.41. The van der Waals surface area contributed by atoms with Crippen LogP contribution in [0.25, 0.3) is 0 Å². The Labute approximate surface area is 264 Å². The number of hydrogen-bond acceptors (Lipinski definition) is 12. The van der Waals surface area contributed by atoms with Crippen molar-refractivity contribution < 1.29 is 50.6 Å². The van der Waals surface area contributed by atoms with Gasteiger partial charge in [0, 0.05) is 26.4 Å². The predicted molar refractivity (Wildman–Crippen MR) is 172 cm³/mol. The molecule has 0 amide bonds. The first-order valence-corrected chi connectivity index (χ1v) is 33.5. The SMILES string of the molecule is C[Si]1O[Si](C)O[Si](C)O[Si](C)(CCCOCCCOCCC[Si]2(C)O[Si](C)O[Si](C)O[Si](C)O[Si](C)O2)O[Si](C)O1. The average Bonchev–Trinajstić information content (AvgIpc) is 2.79. The molecule has 236 valence electrons. The molecule has 0 aromatic rings. The number of ether oxygens (including phenoxy) is 2. The second kappa shape index (κ2) is 20.0. The largest absolute Gasteiger partial charge is 0.415 e. The van der Waals surface area contributed by atoms with Gasteiger partial charge in [-0.1, -0.05) is 0 Å². The summed E-state index contributed by atoms with van der Waals surface area (Å²) in [5, 5.41) is 0. The number of rotatable bonds is 12. The molecule has 8 radical (unpaired) electrons. The highest BCUT2D eigenvalue weighted by atomic mass is 28.5. The lowest BCUT2D eigenvalue weighted by Crippen LogP contribution is -2.52. The van der Waals surface area contributed by atoms with Crippen LogP contribution in [0.2, 0.25) is 77.6 Å². The van der Waals surface area contributed by atoms with E-state index in [1.807, 2.05) is 52.4 Å². The fourth-order valence-electron chi connectivity index (χ4n) is 4.30. The first kappa shape index (κ1) is 38.9. The third-order valence-electron chi connectivity index (χ3n) is 5.58. The molecule has 41 heavy (non-hydrogen) atoms. The van der Waals surface area contributed by atoms with Gasteiger partial charge in [-0.3, -0.25) is 0 Å². The second-order valence-corrected chi connectivity index (χ2v) is 31.6. The van der Waals surface area contributed by atoms with Crippen LogP contribution in [0, 0.1) is 0 Å². The zero-order valence-electron chi connectivity index (χ0n) is 26.3. The molecule has 0 saturated carbocycles. The molecule has 2 heterocycles. The summed E-state index contributed by atoms with van der Waals surface area (Å²) in [6, 6.07) is 1.69. The van der Waals surface area contributed by atoms with Crippen LogP contribution in [0.3, 0.4) is 0 Å². The van der Waals surface area contributed by atoms with Gasteiger partial charge in [0.25, 0.3) is 0 Å². The fourth-order valence-corrected chi connectivity index (χ4v) is 32.4. The lowest BCUT2D eigenvalue weighted by molar-refractivity contribution is 0.0820. The molecule has 2 aliphatic heterocycles. The lowest BCUT2D eigenvalue weighted by Gasteiger charge is -2.34. The van der Waals surface area contributed by atoms with Crippen LogP contribution in [0.1, 0.15) is 19.3 Å². The zero-order chi connectivity index (χ0) is 30.5. The molecule has 22 heteroatoms. The Bertz CT molecular complexity index is 632. The Morgan fingerprint density at radius 2 is 0.634 bits per heavy atom. The van der Waals surface area contributed by atoms with Crippen molar-refractivity contribution in [3.05, 3.63) is 0 Å². The Hall–Kier alpha value is 1.69. The summed E-state index contributed by atoms with van der Waals surface area (Å²) in [5.74, 6) is 0. The van der Waals surface area contributed by atoms with Crippen molar-refractivity contribution in [3.8, 4) is 0 Å². The van der Waals surface area contributed by atoms with E-state index in [0.29, 0.717) is 26.4 Å². The summed E-state index contributed by atoms with van der Waals surface area (Å²) in [4.78, 5) is 0. The summed E-state index contributed by atoms with van der Waals surface area (Å²) >= 11 is 0. The molecule has 0 N–H and O–H groups in total. The first-order chi connectivity index (χ1) is 19.3. The van der Waals surface area contributed by atoms with Crippen molar-refractivity contribution in [2.45, 2.75) is 96.8 Å². The maximum atomic E-state index is 6.36. The Morgan fingerprint density at radius 1 is 0.390 bits per heavy atom. The van der Waals surface area contributed by atoms with Crippen molar-refractivity contribution in [1.29, 1.82) is 0 Å². The minimum Gasteiger partial charge on any atom is -0.415 e. The van der Waals surface area contributed by atoms with Crippen molar-refractivity contribution in [2.75, 3.05) is 26.4 Å². The van der Waals surface area contributed by atoms with Crippen molar-refractivity contribution in [3.63, 3.8) is 0 Å². The normalized spacial score (nSPS) is 25.0. The van der Waals surface area contributed by atoms with Gasteiger partial charge in [-0.25, -0.2) is 0 Å². The summed E-state index contributed by atoms with van der Waals surface area (Å²) in [6.07, 6.45) is 2.61. The summed E-state index contributed by atoms with van der Waals surface area (Å²) < 4.78 is 73.0. The van der Waals surface area contributed by atoms with Crippen LogP contribution in [0.15, 0.2) is 0 Å². The third kappa shape index (κ3) is 17.3. The van der Waals surface area contributed by atoms with E-state index in [1.54, 1.807) is 0 Å². The molecule has 0 atom stereocenters.